The van der Waals surface area contributed by atoms with Gasteiger partial charge in [0.15, 0.2) is 11.6 Å². The van der Waals surface area contributed by atoms with E-state index in [-0.39, 0.29) is 5.69 Å². The van der Waals surface area contributed by atoms with E-state index in [0.717, 1.165) is 0 Å². The number of nitrogens with one attached hydrogen (secondary N) is 1. The molecule has 0 aliphatic heterocycles. The van der Waals surface area contributed by atoms with Gasteiger partial charge in [-0.25, -0.2) is 18.1 Å². The number of hydrogen-bond donors (Lipinski definition) is 2. The van der Waals surface area contributed by atoms with Crippen LogP contribution in [0.3, 0.4) is 0 Å². The molecule has 2 aromatic heterocycles. The topological polar surface area (TPSA) is 114 Å². The third-order valence-electron chi connectivity index (χ3n) is 2.07. The van der Waals surface area contributed by atoms with Gasteiger partial charge >= 0.3 is 5.97 Å². The predicted molar refractivity (Wildman–Crippen MR) is 66.4 cm³/mol. The van der Waals surface area contributed by atoms with E-state index < -0.39 is 21.7 Å². The van der Waals surface area contributed by atoms with Crippen molar-refractivity contribution in [1.82, 2.24) is 14.8 Å². The highest BCUT2D eigenvalue weighted by Gasteiger charge is 2.15. The zero-order valence-corrected chi connectivity index (χ0v) is 10.4. The van der Waals surface area contributed by atoms with E-state index in [1.54, 1.807) is 24.5 Å². The van der Waals surface area contributed by atoms with Gasteiger partial charge in [-0.3, -0.25) is 9.52 Å². The van der Waals surface area contributed by atoms with Crippen LogP contribution in [-0.2, 0) is 14.8 Å². The Morgan fingerprint density at radius 3 is 2.74 bits per heavy atom. The van der Waals surface area contributed by atoms with Crippen molar-refractivity contribution in [3.8, 4) is 5.82 Å². The molecule has 0 aromatic carbocycles. The summed E-state index contributed by atoms with van der Waals surface area (Å²) in [5.74, 6) is -1.90. The first-order valence-corrected chi connectivity index (χ1v) is 6.80. The molecule has 19 heavy (non-hydrogen) atoms. The molecule has 2 aromatic rings. The van der Waals surface area contributed by atoms with E-state index in [1.165, 1.54) is 16.9 Å². The molecule has 0 saturated heterocycles. The maximum atomic E-state index is 11.4. The SMILES string of the molecule is O=C(O)CS(=O)(=O)Nc1ccc(-n2cccn2)nc1. The lowest BCUT2D eigenvalue weighted by Gasteiger charge is -2.06. The molecule has 0 bridgehead atoms. The maximum Gasteiger partial charge on any atom is 0.320 e. The number of pyridine rings is 1. The second-order valence-electron chi connectivity index (χ2n) is 3.61. The van der Waals surface area contributed by atoms with Crippen molar-refractivity contribution in [2.45, 2.75) is 0 Å². The monoisotopic (exact) mass is 282 g/mol. The molecular weight excluding hydrogens is 272 g/mol. The zero-order valence-electron chi connectivity index (χ0n) is 9.59. The van der Waals surface area contributed by atoms with Crippen LogP contribution in [0.4, 0.5) is 5.69 Å². The lowest BCUT2D eigenvalue weighted by Crippen LogP contribution is -2.22. The summed E-state index contributed by atoms with van der Waals surface area (Å²) in [4.78, 5) is 14.4. The number of carbonyl (C=O) groups is 1. The highest BCUT2D eigenvalue weighted by atomic mass is 32.2. The number of anilines is 1. The van der Waals surface area contributed by atoms with Crippen LogP contribution >= 0.6 is 0 Å². The van der Waals surface area contributed by atoms with Crippen LogP contribution < -0.4 is 4.72 Å². The second kappa shape index (κ2) is 5.06. The summed E-state index contributed by atoms with van der Waals surface area (Å²) in [5, 5.41) is 12.4. The number of carboxylic acids is 1. The summed E-state index contributed by atoms with van der Waals surface area (Å²) in [6.45, 7) is 0. The first-order chi connectivity index (χ1) is 8.96. The Morgan fingerprint density at radius 1 is 1.42 bits per heavy atom. The number of nitrogens with zero attached hydrogens (tertiary/aromatic N) is 3. The number of carboxylic acid groups (broad SMARTS) is 1. The van der Waals surface area contributed by atoms with Gasteiger partial charge in [0, 0.05) is 12.4 Å². The van der Waals surface area contributed by atoms with Crippen LogP contribution in [0.25, 0.3) is 5.82 Å². The van der Waals surface area contributed by atoms with E-state index in [1.807, 2.05) is 0 Å². The lowest BCUT2D eigenvalue weighted by molar-refractivity contribution is -0.134. The van der Waals surface area contributed by atoms with E-state index in [0.29, 0.717) is 5.82 Å². The Kier molecular flexibility index (Phi) is 3.47. The van der Waals surface area contributed by atoms with Crippen molar-refractivity contribution >= 4 is 21.7 Å². The molecule has 100 valence electrons. The molecular formula is C10H10N4O4S. The lowest BCUT2D eigenvalue weighted by atomic mass is 10.4. The summed E-state index contributed by atoms with van der Waals surface area (Å²) in [6.07, 6.45) is 4.57. The molecule has 0 radical (unpaired) electrons. The van der Waals surface area contributed by atoms with Crippen LogP contribution in [0.15, 0.2) is 36.8 Å². The quantitative estimate of drug-likeness (QED) is 0.803. The van der Waals surface area contributed by atoms with E-state index >= 15 is 0 Å². The summed E-state index contributed by atoms with van der Waals surface area (Å²) in [7, 11) is -3.91. The fourth-order valence-electron chi connectivity index (χ4n) is 1.36. The summed E-state index contributed by atoms with van der Waals surface area (Å²) < 4.78 is 26.4. The molecule has 0 atom stereocenters. The molecule has 0 spiro atoms. The van der Waals surface area contributed by atoms with Gasteiger partial charge in [-0.05, 0) is 18.2 Å². The third-order valence-corrected chi connectivity index (χ3v) is 3.25. The molecule has 8 nitrogen and oxygen atoms in total. The van der Waals surface area contributed by atoms with Gasteiger partial charge in [0.2, 0.25) is 10.0 Å². The first-order valence-electron chi connectivity index (χ1n) is 5.15. The Bertz CT molecular complexity index is 664. The smallest absolute Gasteiger partial charge is 0.320 e. The number of hydrogen-bond acceptors (Lipinski definition) is 5. The van der Waals surface area contributed by atoms with Crippen LogP contribution in [0.5, 0.6) is 0 Å². The van der Waals surface area contributed by atoms with E-state index in [9.17, 15) is 13.2 Å². The van der Waals surface area contributed by atoms with Gasteiger partial charge in [-0.15, -0.1) is 0 Å². The molecule has 2 heterocycles. The maximum absolute atomic E-state index is 11.4. The number of rotatable bonds is 5. The number of sulfonamides is 1. The minimum Gasteiger partial charge on any atom is -0.480 e. The average molecular weight is 282 g/mol. The van der Waals surface area contributed by atoms with Crippen molar-refractivity contribution in [3.05, 3.63) is 36.8 Å². The van der Waals surface area contributed by atoms with Gasteiger partial charge in [0.05, 0.1) is 11.9 Å². The first kappa shape index (κ1) is 13.0. The van der Waals surface area contributed by atoms with Crippen LogP contribution in [0.1, 0.15) is 0 Å². The van der Waals surface area contributed by atoms with Gasteiger partial charge in [-0.2, -0.15) is 5.10 Å². The highest BCUT2D eigenvalue weighted by Crippen LogP contribution is 2.10. The Hall–Kier alpha value is -2.42. The van der Waals surface area contributed by atoms with E-state index in [2.05, 4.69) is 14.8 Å². The molecule has 9 heteroatoms. The minimum absolute atomic E-state index is 0.192. The molecule has 0 amide bonds. The number of aromatic nitrogens is 3. The third kappa shape index (κ3) is 3.52. The van der Waals surface area contributed by atoms with Crippen LogP contribution in [0.2, 0.25) is 0 Å². The Balaban J connectivity index is 2.13. The molecule has 0 aliphatic carbocycles. The standard InChI is InChI=1S/C10H10N4O4S/c15-10(16)7-19(17,18)13-8-2-3-9(11-6-8)14-5-1-4-12-14/h1-6,13H,7H2,(H,15,16). The zero-order chi connectivity index (χ0) is 13.9. The van der Waals surface area contributed by atoms with Crippen molar-refractivity contribution in [3.63, 3.8) is 0 Å². The second-order valence-corrected chi connectivity index (χ2v) is 5.33. The highest BCUT2D eigenvalue weighted by molar-refractivity contribution is 7.93. The minimum atomic E-state index is -3.91. The van der Waals surface area contributed by atoms with Gasteiger partial charge in [0.1, 0.15) is 0 Å². The number of aliphatic carboxylic acids is 1. The molecule has 0 unspecified atom stereocenters. The van der Waals surface area contributed by atoms with Gasteiger partial charge < -0.3 is 5.11 Å². The van der Waals surface area contributed by atoms with Crippen LogP contribution in [0, 0.1) is 0 Å². The largest absolute Gasteiger partial charge is 0.480 e. The molecule has 0 saturated carbocycles. The molecule has 2 rings (SSSR count). The van der Waals surface area contributed by atoms with Crippen molar-refractivity contribution in [1.29, 1.82) is 0 Å². The Labute approximate surface area is 108 Å². The average Bonchev–Trinajstić information content (AvgIpc) is 2.81. The van der Waals surface area contributed by atoms with Crippen molar-refractivity contribution in [2.24, 2.45) is 0 Å². The van der Waals surface area contributed by atoms with Crippen LogP contribution in [-0.4, -0.2) is 40.0 Å². The molecule has 0 fully saturated rings. The van der Waals surface area contributed by atoms with Crippen molar-refractivity contribution < 1.29 is 18.3 Å². The molecule has 2 N–H and O–H groups in total. The predicted octanol–water partition coefficient (Wildman–Crippen LogP) is 0.0936. The van der Waals surface area contributed by atoms with Gasteiger partial charge in [0.25, 0.3) is 0 Å². The molecule has 0 aliphatic rings. The van der Waals surface area contributed by atoms with Gasteiger partial charge in [-0.1, -0.05) is 0 Å². The summed E-state index contributed by atoms with van der Waals surface area (Å²) >= 11 is 0. The normalized spacial score (nSPS) is 11.2. The van der Waals surface area contributed by atoms with E-state index in [4.69, 9.17) is 5.11 Å². The van der Waals surface area contributed by atoms with Crippen molar-refractivity contribution in [2.75, 3.05) is 10.5 Å². The summed E-state index contributed by atoms with van der Waals surface area (Å²) in [6, 6.07) is 4.76. The fraction of sp³-hybridized carbons (Fsp3) is 0.100. The fourth-order valence-corrected chi connectivity index (χ4v) is 2.24. The Morgan fingerprint density at radius 2 is 2.21 bits per heavy atom. The summed E-state index contributed by atoms with van der Waals surface area (Å²) in [5.41, 5.74) is 0.192.